The van der Waals surface area contributed by atoms with Crippen LogP contribution in [-0.2, 0) is 12.0 Å². The summed E-state index contributed by atoms with van der Waals surface area (Å²) in [7, 11) is 0. The van der Waals surface area contributed by atoms with Crippen molar-refractivity contribution in [2.45, 2.75) is 37.2 Å². The predicted octanol–water partition coefficient (Wildman–Crippen LogP) is 4.04. The molecule has 1 aliphatic carbocycles. The summed E-state index contributed by atoms with van der Waals surface area (Å²) in [5.74, 6) is -0.331. The van der Waals surface area contributed by atoms with Crippen LogP contribution in [0.4, 0.5) is 23.2 Å². The zero-order valence-electron chi connectivity index (χ0n) is 13.5. The zero-order chi connectivity index (χ0) is 18.7. The summed E-state index contributed by atoms with van der Waals surface area (Å²) in [6, 6.07) is 5.49. The van der Waals surface area contributed by atoms with Crippen LogP contribution in [0.5, 0.6) is 0 Å². The molecular formula is C18H15F4NO3. The molecule has 1 N–H and O–H groups in total. The topological polar surface area (TPSA) is 53.7 Å². The average Bonchev–Trinajstić information content (AvgIpc) is 3.06. The van der Waals surface area contributed by atoms with Crippen molar-refractivity contribution < 1.29 is 31.9 Å². The first-order valence-corrected chi connectivity index (χ1v) is 8.21. The molecule has 8 heteroatoms. The molecule has 2 unspecified atom stereocenters. The fourth-order valence-electron chi connectivity index (χ4n) is 3.67. The number of aryl methyl sites for hydroxylation is 1. The van der Waals surface area contributed by atoms with E-state index in [-0.39, 0.29) is 11.3 Å². The Balaban J connectivity index is 1.80. The Kier molecular flexibility index (Phi) is 3.66. The first kappa shape index (κ1) is 17.1. The molecule has 4 nitrogen and oxygen atoms in total. The summed E-state index contributed by atoms with van der Waals surface area (Å²) in [5, 5.41) is 9.87. The van der Waals surface area contributed by atoms with E-state index >= 15 is 0 Å². The van der Waals surface area contributed by atoms with Crippen LogP contribution in [0.25, 0.3) is 0 Å². The number of benzene rings is 1. The fourth-order valence-corrected chi connectivity index (χ4v) is 3.67. The third-order valence-electron chi connectivity index (χ3n) is 5.08. The first-order valence-electron chi connectivity index (χ1n) is 8.21. The van der Waals surface area contributed by atoms with Crippen LogP contribution < -0.4 is 4.90 Å². The van der Waals surface area contributed by atoms with E-state index in [9.17, 15) is 27.5 Å². The molecule has 1 amide bonds. The van der Waals surface area contributed by atoms with Crippen LogP contribution in [0.3, 0.4) is 0 Å². The number of fused-ring (bicyclic) bond motifs is 2. The second-order valence-electron chi connectivity index (χ2n) is 6.59. The van der Waals surface area contributed by atoms with Gasteiger partial charge in [-0.2, -0.15) is 13.2 Å². The quantitative estimate of drug-likeness (QED) is 0.772. The second kappa shape index (κ2) is 5.57. The van der Waals surface area contributed by atoms with E-state index < -0.39 is 29.4 Å². The van der Waals surface area contributed by atoms with Crippen LogP contribution in [-0.4, -0.2) is 23.7 Å². The highest BCUT2D eigenvalue weighted by Crippen LogP contribution is 2.60. The molecule has 0 bridgehead atoms. The van der Waals surface area contributed by atoms with E-state index in [2.05, 4.69) is 0 Å². The molecule has 2 aromatic rings. The van der Waals surface area contributed by atoms with Gasteiger partial charge in [0.15, 0.2) is 11.9 Å². The lowest BCUT2D eigenvalue weighted by Crippen LogP contribution is -2.53. The lowest BCUT2D eigenvalue weighted by atomic mass is 9.70. The number of hydrogen-bond acceptors (Lipinski definition) is 3. The molecule has 2 aliphatic rings. The number of alkyl halides is 4. The van der Waals surface area contributed by atoms with E-state index in [1.165, 1.54) is 29.4 Å². The molecule has 1 aromatic carbocycles. The summed E-state index contributed by atoms with van der Waals surface area (Å²) in [6.45, 7) is 0.353. The molecule has 1 aromatic heterocycles. The minimum atomic E-state index is -5.11. The van der Waals surface area contributed by atoms with Crippen LogP contribution in [0, 0.1) is 0 Å². The highest BCUT2D eigenvalue weighted by molar-refractivity contribution is 6.04. The number of anilines is 1. The van der Waals surface area contributed by atoms with Gasteiger partial charge in [-0.15, -0.1) is 0 Å². The molecule has 0 radical (unpaired) electrons. The molecule has 2 atom stereocenters. The Labute approximate surface area is 146 Å². The van der Waals surface area contributed by atoms with Gasteiger partial charge in [-0.1, -0.05) is 0 Å². The van der Waals surface area contributed by atoms with Crippen molar-refractivity contribution >= 4 is 11.6 Å². The van der Waals surface area contributed by atoms with Gasteiger partial charge in [0.1, 0.15) is 0 Å². The van der Waals surface area contributed by atoms with Gasteiger partial charge >= 0.3 is 6.18 Å². The Morgan fingerprint density at radius 2 is 2.08 bits per heavy atom. The molecule has 0 fully saturated rings. The molecule has 0 saturated heterocycles. The van der Waals surface area contributed by atoms with Crippen molar-refractivity contribution in [1.82, 2.24) is 0 Å². The van der Waals surface area contributed by atoms with Gasteiger partial charge in [0.25, 0.3) is 5.91 Å². The van der Waals surface area contributed by atoms with Crippen LogP contribution in [0.2, 0.25) is 0 Å². The van der Waals surface area contributed by atoms with E-state index in [0.29, 0.717) is 37.1 Å². The van der Waals surface area contributed by atoms with Gasteiger partial charge in [0.05, 0.1) is 6.26 Å². The van der Waals surface area contributed by atoms with E-state index in [1.807, 2.05) is 0 Å². The molecule has 4 rings (SSSR count). The second-order valence-corrected chi connectivity index (χ2v) is 6.59. The molecular weight excluding hydrogens is 354 g/mol. The van der Waals surface area contributed by atoms with Crippen molar-refractivity contribution in [3.63, 3.8) is 0 Å². The van der Waals surface area contributed by atoms with Gasteiger partial charge in [0, 0.05) is 17.8 Å². The minimum Gasteiger partial charge on any atom is -0.459 e. The molecule has 26 heavy (non-hydrogen) atoms. The zero-order valence-corrected chi connectivity index (χ0v) is 13.5. The summed E-state index contributed by atoms with van der Waals surface area (Å²) >= 11 is 0. The highest BCUT2D eigenvalue weighted by Gasteiger charge is 2.68. The van der Waals surface area contributed by atoms with Gasteiger partial charge in [-0.3, -0.25) is 4.79 Å². The molecule has 138 valence electrons. The number of hydrogen-bond donors (Lipinski definition) is 1. The summed E-state index contributed by atoms with van der Waals surface area (Å²) in [5.41, 5.74) is -3.34. The Morgan fingerprint density at radius 3 is 2.73 bits per heavy atom. The van der Waals surface area contributed by atoms with Gasteiger partial charge in [-0.25, -0.2) is 4.39 Å². The Hall–Kier alpha value is -2.35. The third kappa shape index (κ3) is 2.21. The standard InChI is InChI=1S/C18H15F4NO3/c19-15-11-9-13-10(8-12(11)17(15,25)18(20,21)22)4-1-2-6-23(13)16(24)14-5-3-7-26-14/h3,5,7-9,15,25H,1-2,4,6H2. The number of nitrogens with zero attached hydrogens (tertiary/aromatic N) is 1. The highest BCUT2D eigenvalue weighted by atomic mass is 19.4. The van der Waals surface area contributed by atoms with Gasteiger partial charge in [0.2, 0.25) is 5.60 Å². The Bertz CT molecular complexity index is 862. The summed E-state index contributed by atoms with van der Waals surface area (Å²) < 4.78 is 58.8. The fraction of sp³-hybridized carbons (Fsp3) is 0.389. The normalized spacial score (nSPS) is 25.1. The monoisotopic (exact) mass is 369 g/mol. The van der Waals surface area contributed by atoms with E-state index in [4.69, 9.17) is 4.42 Å². The lowest BCUT2D eigenvalue weighted by Gasteiger charge is -2.44. The molecule has 1 aliphatic heterocycles. The maximum atomic E-state index is 14.2. The number of furan rings is 1. The van der Waals surface area contributed by atoms with E-state index in [1.54, 1.807) is 6.07 Å². The van der Waals surface area contributed by atoms with Crippen molar-refractivity contribution in [3.8, 4) is 0 Å². The minimum absolute atomic E-state index is 0.101. The molecule has 0 spiro atoms. The number of carbonyl (C=O) groups excluding carboxylic acids is 1. The molecule has 2 heterocycles. The number of halogens is 4. The number of aliphatic hydroxyl groups is 1. The summed E-state index contributed by atoms with van der Waals surface area (Å²) in [6.07, 6.45) is -4.58. The largest absolute Gasteiger partial charge is 0.459 e. The first-order chi connectivity index (χ1) is 12.2. The van der Waals surface area contributed by atoms with Gasteiger partial charge in [-0.05, 0) is 54.7 Å². The third-order valence-corrected chi connectivity index (χ3v) is 5.08. The average molecular weight is 369 g/mol. The van der Waals surface area contributed by atoms with E-state index in [0.717, 1.165) is 0 Å². The van der Waals surface area contributed by atoms with Crippen LogP contribution in [0.1, 0.15) is 46.3 Å². The van der Waals surface area contributed by atoms with Crippen LogP contribution >= 0.6 is 0 Å². The van der Waals surface area contributed by atoms with Crippen LogP contribution in [0.15, 0.2) is 34.9 Å². The SMILES string of the molecule is O=C(c1ccco1)N1CCCCc2cc3c(cc21)C(F)C3(O)C(F)(F)F. The number of carbonyl (C=O) groups is 1. The van der Waals surface area contributed by atoms with Crippen molar-refractivity contribution in [2.75, 3.05) is 11.4 Å². The Morgan fingerprint density at radius 1 is 1.31 bits per heavy atom. The number of amides is 1. The van der Waals surface area contributed by atoms with Crippen molar-refractivity contribution in [2.24, 2.45) is 0 Å². The van der Waals surface area contributed by atoms with Gasteiger partial charge < -0.3 is 14.4 Å². The summed E-state index contributed by atoms with van der Waals surface area (Å²) in [4.78, 5) is 14.1. The number of rotatable bonds is 1. The lowest BCUT2D eigenvalue weighted by molar-refractivity contribution is -0.302. The van der Waals surface area contributed by atoms with Crippen molar-refractivity contribution in [3.05, 3.63) is 53.0 Å². The van der Waals surface area contributed by atoms with Crippen molar-refractivity contribution in [1.29, 1.82) is 0 Å². The predicted molar refractivity (Wildman–Crippen MR) is 83.6 cm³/mol. The maximum absolute atomic E-state index is 14.2. The maximum Gasteiger partial charge on any atom is 0.424 e. The smallest absolute Gasteiger partial charge is 0.424 e. The molecule has 0 saturated carbocycles.